The van der Waals surface area contributed by atoms with E-state index in [0.29, 0.717) is 58.9 Å². The monoisotopic (exact) mass is 932 g/mol. The topological polar surface area (TPSA) is 236 Å². The van der Waals surface area contributed by atoms with Crippen LogP contribution < -0.4 is 10.5 Å². The Morgan fingerprint density at radius 2 is 1.13 bits per heavy atom. The first kappa shape index (κ1) is 43.0. The third-order valence-corrected chi connectivity index (χ3v) is 17.0. The minimum absolute atomic E-state index is 0.000787. The van der Waals surface area contributed by atoms with Crippen LogP contribution in [0.5, 0.6) is 0 Å². The molecule has 4 atom stereocenters. The van der Waals surface area contributed by atoms with E-state index in [0.717, 1.165) is 42.6 Å². The quantitative estimate of drug-likeness (QED) is 0.162. The number of rotatable bonds is 11. The summed E-state index contributed by atoms with van der Waals surface area (Å²) in [5.74, 6) is 1.96. The minimum atomic E-state index is -3.85. The largest absolute Gasteiger partial charge is 0.328 e. The first-order chi connectivity index (χ1) is 30.1. The van der Waals surface area contributed by atoms with Crippen LogP contribution in [0.4, 0.5) is 0 Å². The Morgan fingerprint density at radius 1 is 0.651 bits per heavy atom. The standard InChI is InChI=1S/C22H25ClN6O4S2.C19H20N6O2S/c1-15-3-7-18(8-4-15)35(32,33)28-11-9-19-22(28)24-14-20-25-26-21(29(19)20)16-5-6-17(13-16)27-34(30,31)12-2-10-23;1-12-2-6-15(7-3-12)28(26,27)24-9-8-16-19(24)21-11-17-22-23-18(25(16)17)13-4-5-14(20)10-13/h3-4,7-9,11,14,16-17,27H,2,5-6,10,12-13H2,1H3;2-3,6-9,11,13-14H,4-5,10,20H2,1H3/t16?,17-;13?,14-/m00/s1. The summed E-state index contributed by atoms with van der Waals surface area (Å²) in [5, 5.41) is 17.2. The Morgan fingerprint density at radius 3 is 1.59 bits per heavy atom. The lowest BCUT2D eigenvalue weighted by molar-refractivity contribution is 0.545. The van der Waals surface area contributed by atoms with Gasteiger partial charge in [0.1, 0.15) is 11.6 Å². The Balaban J connectivity index is 0.000000164. The lowest BCUT2D eigenvalue weighted by Gasteiger charge is -2.13. The average Bonchev–Trinajstić information content (AvgIpc) is 4.11. The maximum atomic E-state index is 13.3. The zero-order chi connectivity index (χ0) is 44.3. The van der Waals surface area contributed by atoms with Gasteiger partial charge in [-0.05, 0) is 95.2 Å². The summed E-state index contributed by atoms with van der Waals surface area (Å²) < 4.78 is 86.3. The zero-order valence-electron chi connectivity index (χ0n) is 34.4. The van der Waals surface area contributed by atoms with Crippen molar-refractivity contribution in [3.63, 3.8) is 0 Å². The maximum Gasteiger partial charge on any atom is 0.269 e. The number of nitrogens with zero attached hydrogens (tertiary/aromatic N) is 10. The number of aryl methyl sites for hydroxylation is 2. The molecule has 18 nitrogen and oxygen atoms in total. The van der Waals surface area contributed by atoms with Gasteiger partial charge < -0.3 is 5.73 Å². The Kier molecular flexibility index (Phi) is 11.4. The van der Waals surface area contributed by atoms with E-state index in [-0.39, 0.29) is 45.1 Å². The highest BCUT2D eigenvalue weighted by Crippen LogP contribution is 2.36. The van der Waals surface area contributed by atoms with Gasteiger partial charge >= 0.3 is 0 Å². The maximum absolute atomic E-state index is 13.3. The van der Waals surface area contributed by atoms with E-state index in [2.05, 4.69) is 35.1 Å². The highest BCUT2D eigenvalue weighted by Gasteiger charge is 2.33. The van der Waals surface area contributed by atoms with Crippen molar-refractivity contribution in [3.8, 4) is 0 Å². The Labute approximate surface area is 368 Å². The summed E-state index contributed by atoms with van der Waals surface area (Å²) >= 11 is 5.63. The van der Waals surface area contributed by atoms with Crippen LogP contribution in [0.3, 0.4) is 0 Å². The molecule has 2 aliphatic carbocycles. The fourth-order valence-corrected chi connectivity index (χ4v) is 12.8. The highest BCUT2D eigenvalue weighted by atomic mass is 35.5. The molecule has 10 rings (SSSR count). The normalized spacial score (nSPS) is 19.7. The number of nitrogens with one attached hydrogen (secondary N) is 1. The first-order valence-electron chi connectivity index (χ1n) is 20.5. The summed E-state index contributed by atoms with van der Waals surface area (Å²) in [5.41, 5.74) is 11.0. The van der Waals surface area contributed by atoms with Gasteiger partial charge in [0.25, 0.3) is 20.0 Å². The van der Waals surface area contributed by atoms with Crippen molar-refractivity contribution in [3.05, 3.63) is 108 Å². The summed E-state index contributed by atoms with van der Waals surface area (Å²) in [7, 11) is -11.0. The number of hydrogen-bond donors (Lipinski definition) is 2. The fourth-order valence-electron chi connectivity index (χ4n) is 8.60. The van der Waals surface area contributed by atoms with Crippen LogP contribution in [0.25, 0.3) is 33.6 Å². The van der Waals surface area contributed by atoms with E-state index in [1.165, 1.54) is 26.5 Å². The molecule has 0 saturated heterocycles. The van der Waals surface area contributed by atoms with Crippen molar-refractivity contribution in [1.82, 2.24) is 51.8 Å². The van der Waals surface area contributed by atoms with Crippen molar-refractivity contribution in [2.45, 2.75) is 92.5 Å². The number of sulfonamides is 1. The minimum Gasteiger partial charge on any atom is -0.328 e. The molecule has 0 spiro atoms. The van der Waals surface area contributed by atoms with Crippen molar-refractivity contribution in [1.29, 1.82) is 0 Å². The van der Waals surface area contributed by atoms with E-state index in [9.17, 15) is 25.3 Å². The number of hydrogen-bond acceptors (Lipinski definition) is 13. The summed E-state index contributed by atoms with van der Waals surface area (Å²) in [6.45, 7) is 3.81. The Bertz CT molecular complexity index is 3330. The van der Waals surface area contributed by atoms with Gasteiger partial charge in [-0.2, -0.15) is 0 Å². The molecule has 0 aliphatic heterocycles. The molecule has 2 fully saturated rings. The van der Waals surface area contributed by atoms with E-state index < -0.39 is 30.1 Å². The molecular formula is C41H45ClN12O6S3. The predicted molar refractivity (Wildman–Crippen MR) is 237 cm³/mol. The van der Waals surface area contributed by atoms with E-state index >= 15 is 0 Å². The number of alkyl halides is 1. The molecule has 0 radical (unpaired) electrons. The Hall–Kier alpha value is -5.32. The van der Waals surface area contributed by atoms with Crippen LogP contribution in [0.2, 0.25) is 0 Å². The van der Waals surface area contributed by atoms with Crippen molar-refractivity contribution >= 4 is 75.3 Å². The number of fused-ring (bicyclic) bond motifs is 6. The van der Waals surface area contributed by atoms with Crippen LogP contribution in [-0.2, 0) is 30.1 Å². The average molecular weight is 934 g/mol. The van der Waals surface area contributed by atoms with Crippen LogP contribution in [0, 0.1) is 13.8 Å². The van der Waals surface area contributed by atoms with Crippen molar-refractivity contribution in [2.24, 2.45) is 5.73 Å². The number of halogens is 1. The van der Waals surface area contributed by atoms with Crippen LogP contribution in [0.1, 0.15) is 79.6 Å². The second kappa shape index (κ2) is 16.7. The van der Waals surface area contributed by atoms with Gasteiger partial charge in [0.15, 0.2) is 22.6 Å². The lowest BCUT2D eigenvalue weighted by Crippen LogP contribution is -2.34. The molecule has 2 aromatic carbocycles. The van der Waals surface area contributed by atoms with Gasteiger partial charge in [0.05, 0.1) is 39.0 Å². The summed E-state index contributed by atoms with van der Waals surface area (Å²) in [4.78, 5) is 9.14. The molecule has 6 heterocycles. The molecule has 0 bridgehead atoms. The molecule has 22 heteroatoms. The molecule has 6 aromatic heterocycles. The molecule has 2 aliphatic rings. The fraction of sp³-hybridized carbons (Fsp3) is 0.366. The number of nitrogens with two attached hydrogens (primary N) is 1. The second-order valence-corrected chi connectivity index (χ2v) is 22.1. The first-order valence-corrected chi connectivity index (χ1v) is 25.6. The van der Waals surface area contributed by atoms with Crippen LogP contribution in [-0.4, -0.2) is 96.1 Å². The molecule has 63 heavy (non-hydrogen) atoms. The summed E-state index contributed by atoms with van der Waals surface area (Å²) in [6, 6.07) is 16.9. The van der Waals surface area contributed by atoms with E-state index in [1.54, 1.807) is 66.9 Å². The van der Waals surface area contributed by atoms with Gasteiger partial charge in [-0.15, -0.1) is 32.0 Å². The number of benzene rings is 2. The molecule has 0 amide bonds. The van der Waals surface area contributed by atoms with Crippen LogP contribution >= 0.6 is 11.6 Å². The predicted octanol–water partition coefficient (Wildman–Crippen LogP) is 5.03. The smallest absolute Gasteiger partial charge is 0.269 e. The molecular weight excluding hydrogens is 888 g/mol. The van der Waals surface area contributed by atoms with Gasteiger partial charge in [-0.1, -0.05) is 35.4 Å². The molecule has 8 aromatic rings. The van der Waals surface area contributed by atoms with Gasteiger partial charge in [0, 0.05) is 42.2 Å². The number of aromatic nitrogens is 10. The molecule has 2 unspecified atom stereocenters. The second-order valence-electron chi connectivity index (χ2n) is 16.3. The lowest BCUT2D eigenvalue weighted by atomic mass is 10.1. The van der Waals surface area contributed by atoms with Gasteiger partial charge in [0.2, 0.25) is 10.0 Å². The van der Waals surface area contributed by atoms with Gasteiger partial charge in [-0.3, -0.25) is 8.80 Å². The van der Waals surface area contributed by atoms with Gasteiger partial charge in [-0.25, -0.2) is 47.9 Å². The van der Waals surface area contributed by atoms with E-state index in [1.807, 2.05) is 22.6 Å². The SMILES string of the molecule is Cc1ccc(S(=O)(=O)n2ccc3c2ncc2nnc(C4CC[C@H](N)C4)n23)cc1.Cc1ccc(S(=O)(=O)n2ccc3c2ncc2nnc(C4CC[C@H](NS(=O)(=O)CCCCl)C4)n23)cc1. The van der Waals surface area contributed by atoms with Crippen LogP contribution in [0.15, 0.2) is 95.2 Å². The molecule has 2 saturated carbocycles. The van der Waals surface area contributed by atoms with Crippen molar-refractivity contribution in [2.75, 3.05) is 11.6 Å². The zero-order valence-corrected chi connectivity index (χ0v) is 37.6. The molecule has 3 N–H and O–H groups in total. The van der Waals surface area contributed by atoms with E-state index in [4.69, 9.17) is 17.3 Å². The van der Waals surface area contributed by atoms with Crippen molar-refractivity contribution < 1.29 is 25.3 Å². The highest BCUT2D eigenvalue weighted by molar-refractivity contribution is 7.90. The summed E-state index contributed by atoms with van der Waals surface area (Å²) in [6.07, 6.45) is 11.2. The third-order valence-electron chi connectivity index (χ3n) is 11.8. The third kappa shape index (κ3) is 8.10. The molecule has 330 valence electrons.